The molecule has 6 heteroatoms. The summed E-state index contributed by atoms with van der Waals surface area (Å²) >= 11 is 0. The van der Waals surface area contributed by atoms with Crippen molar-refractivity contribution >= 4 is 11.2 Å². The maximum Gasteiger partial charge on any atom is 0.327 e. The second kappa shape index (κ2) is 7.28. The predicted molar refractivity (Wildman–Crippen MR) is 80.9 cm³/mol. The molecular formula is C14H20N4O2. The summed E-state index contributed by atoms with van der Waals surface area (Å²) in [7, 11) is 0. The molecule has 20 heavy (non-hydrogen) atoms. The number of nitrogens with zero attached hydrogens (tertiary/aromatic N) is 2. The van der Waals surface area contributed by atoms with E-state index in [0.717, 1.165) is 5.57 Å². The fraction of sp³-hybridized carbons (Fsp3) is 0.357. The zero-order valence-electron chi connectivity index (χ0n) is 12.2. The van der Waals surface area contributed by atoms with Gasteiger partial charge in [-0.1, -0.05) is 32.1 Å². The van der Waals surface area contributed by atoms with Crippen LogP contribution in [-0.4, -0.2) is 19.5 Å². The summed E-state index contributed by atoms with van der Waals surface area (Å²) in [6.45, 7) is 8.40. The Labute approximate surface area is 116 Å². The van der Waals surface area contributed by atoms with Crippen LogP contribution in [0.3, 0.4) is 0 Å². The van der Waals surface area contributed by atoms with Gasteiger partial charge in [-0.05, 0) is 19.4 Å². The zero-order chi connectivity index (χ0) is 15.1. The van der Waals surface area contributed by atoms with Crippen LogP contribution in [-0.2, 0) is 6.54 Å². The number of allylic oxidation sites excluding steroid dienone is 4. The topological polar surface area (TPSA) is 83.5 Å². The van der Waals surface area contributed by atoms with E-state index >= 15 is 0 Å². The van der Waals surface area contributed by atoms with Gasteiger partial charge in [0.2, 0.25) is 0 Å². The highest BCUT2D eigenvalue weighted by atomic mass is 16.2. The molecule has 0 unspecified atom stereocenters. The van der Waals surface area contributed by atoms with Gasteiger partial charge in [-0.15, -0.1) is 0 Å². The minimum Gasteiger partial charge on any atom is -0.320 e. The van der Waals surface area contributed by atoms with Crippen molar-refractivity contribution in [2.45, 2.75) is 34.2 Å². The molecule has 2 rings (SSSR count). The van der Waals surface area contributed by atoms with Crippen LogP contribution < -0.4 is 11.2 Å². The van der Waals surface area contributed by atoms with Gasteiger partial charge in [0.15, 0.2) is 11.2 Å². The van der Waals surface area contributed by atoms with Crippen LogP contribution in [0.25, 0.3) is 11.2 Å². The van der Waals surface area contributed by atoms with Crippen molar-refractivity contribution < 1.29 is 0 Å². The molecule has 0 saturated carbocycles. The number of rotatable bonds is 3. The monoisotopic (exact) mass is 276 g/mol. The van der Waals surface area contributed by atoms with E-state index in [2.05, 4.69) is 15.0 Å². The molecule has 0 amide bonds. The van der Waals surface area contributed by atoms with Gasteiger partial charge in [0.1, 0.15) is 0 Å². The van der Waals surface area contributed by atoms with Crippen molar-refractivity contribution in [3.63, 3.8) is 0 Å². The SMILES string of the molecule is C/C=C\C(=C/C)Cn1cnc2[nH]c(=O)[nH]c(=O)c21.CC. The number of aromatic amines is 2. The van der Waals surface area contributed by atoms with Gasteiger partial charge < -0.3 is 4.57 Å². The normalized spacial score (nSPS) is 11.7. The lowest BCUT2D eigenvalue weighted by Crippen LogP contribution is -2.23. The van der Waals surface area contributed by atoms with E-state index in [1.165, 1.54) is 0 Å². The Balaban J connectivity index is 0.000000956. The molecule has 108 valence electrons. The molecule has 0 saturated heterocycles. The van der Waals surface area contributed by atoms with Crippen LogP contribution in [0.5, 0.6) is 0 Å². The van der Waals surface area contributed by atoms with Crippen LogP contribution in [0.2, 0.25) is 0 Å². The van der Waals surface area contributed by atoms with E-state index in [9.17, 15) is 9.59 Å². The number of hydrogen-bond donors (Lipinski definition) is 2. The average Bonchev–Trinajstić information content (AvgIpc) is 2.83. The minimum absolute atomic E-state index is 0.305. The second-order valence-corrected chi connectivity index (χ2v) is 3.84. The Bertz CT molecular complexity index is 731. The molecule has 0 fully saturated rings. The molecule has 0 aliphatic rings. The smallest absolute Gasteiger partial charge is 0.320 e. The first-order chi connectivity index (χ1) is 9.65. The number of imidazole rings is 1. The molecule has 0 bridgehead atoms. The van der Waals surface area contributed by atoms with Gasteiger partial charge in [0, 0.05) is 6.54 Å². The fourth-order valence-corrected chi connectivity index (χ4v) is 1.78. The number of aromatic nitrogens is 4. The van der Waals surface area contributed by atoms with E-state index in [1.54, 1.807) is 10.9 Å². The Hall–Kier alpha value is -2.37. The summed E-state index contributed by atoms with van der Waals surface area (Å²) in [5.41, 5.74) is 0.764. The van der Waals surface area contributed by atoms with Crippen LogP contribution in [0.1, 0.15) is 27.7 Å². The third-order valence-electron chi connectivity index (χ3n) is 2.62. The maximum atomic E-state index is 11.7. The maximum absolute atomic E-state index is 11.7. The number of fused-ring (bicyclic) bond motifs is 1. The van der Waals surface area contributed by atoms with E-state index in [1.807, 2.05) is 45.9 Å². The van der Waals surface area contributed by atoms with E-state index < -0.39 is 11.2 Å². The average molecular weight is 276 g/mol. The largest absolute Gasteiger partial charge is 0.327 e. The highest BCUT2D eigenvalue weighted by molar-refractivity contribution is 5.69. The summed E-state index contributed by atoms with van der Waals surface area (Å²) in [5.74, 6) is 0. The van der Waals surface area contributed by atoms with Crippen molar-refractivity contribution in [1.82, 2.24) is 19.5 Å². The molecular weight excluding hydrogens is 256 g/mol. The third-order valence-corrected chi connectivity index (χ3v) is 2.62. The fourth-order valence-electron chi connectivity index (χ4n) is 1.78. The zero-order valence-corrected chi connectivity index (χ0v) is 12.2. The van der Waals surface area contributed by atoms with Gasteiger partial charge in [0.05, 0.1) is 6.33 Å². The molecule has 0 aliphatic heterocycles. The minimum atomic E-state index is -0.544. The Morgan fingerprint density at radius 3 is 2.60 bits per heavy atom. The summed E-state index contributed by atoms with van der Waals surface area (Å²) in [6.07, 6.45) is 7.40. The summed E-state index contributed by atoms with van der Waals surface area (Å²) in [4.78, 5) is 31.6. The Kier molecular flexibility index (Phi) is 5.71. The highest BCUT2D eigenvalue weighted by Gasteiger charge is 2.08. The molecule has 0 aliphatic carbocycles. The molecule has 0 atom stereocenters. The van der Waals surface area contributed by atoms with Crippen molar-refractivity contribution in [3.05, 3.63) is 51.0 Å². The quantitative estimate of drug-likeness (QED) is 0.840. The standard InChI is InChI=1S/C12H14N4O2.C2H6/c1-3-5-8(4-2)6-16-7-13-10-9(16)11(17)15-12(18)14-10;1-2/h3-5,7H,6H2,1-2H3,(H2,14,15,17,18);1-2H3/b5-3-,8-4+;. The third kappa shape index (κ3) is 3.34. The van der Waals surface area contributed by atoms with Crippen LogP contribution in [0.4, 0.5) is 0 Å². The van der Waals surface area contributed by atoms with Crippen LogP contribution >= 0.6 is 0 Å². The van der Waals surface area contributed by atoms with Crippen molar-refractivity contribution in [2.75, 3.05) is 0 Å². The molecule has 2 aromatic heterocycles. The van der Waals surface area contributed by atoms with E-state index in [4.69, 9.17) is 0 Å². The lowest BCUT2D eigenvalue weighted by Gasteiger charge is -2.03. The Morgan fingerprint density at radius 2 is 2.00 bits per heavy atom. The lowest BCUT2D eigenvalue weighted by molar-refractivity contribution is 0.816. The van der Waals surface area contributed by atoms with Gasteiger partial charge in [-0.3, -0.25) is 14.8 Å². The van der Waals surface area contributed by atoms with E-state index in [-0.39, 0.29) is 0 Å². The first-order valence-electron chi connectivity index (χ1n) is 6.61. The number of H-pyrrole nitrogens is 2. The molecule has 2 aromatic rings. The Morgan fingerprint density at radius 1 is 1.30 bits per heavy atom. The van der Waals surface area contributed by atoms with Gasteiger partial charge >= 0.3 is 5.69 Å². The molecule has 6 nitrogen and oxygen atoms in total. The van der Waals surface area contributed by atoms with Crippen molar-refractivity contribution in [2.24, 2.45) is 0 Å². The summed E-state index contributed by atoms with van der Waals surface area (Å²) in [5, 5.41) is 0. The molecule has 0 aromatic carbocycles. The summed E-state index contributed by atoms with van der Waals surface area (Å²) in [6, 6.07) is 0. The van der Waals surface area contributed by atoms with Gasteiger partial charge in [-0.2, -0.15) is 0 Å². The second-order valence-electron chi connectivity index (χ2n) is 3.84. The summed E-state index contributed by atoms with van der Waals surface area (Å²) < 4.78 is 1.71. The molecule has 0 spiro atoms. The van der Waals surface area contributed by atoms with Crippen LogP contribution in [0, 0.1) is 0 Å². The lowest BCUT2D eigenvalue weighted by atomic mass is 10.2. The molecule has 2 N–H and O–H groups in total. The number of nitrogens with one attached hydrogen (secondary N) is 2. The van der Waals surface area contributed by atoms with Crippen molar-refractivity contribution in [3.8, 4) is 0 Å². The first kappa shape index (κ1) is 15.7. The highest BCUT2D eigenvalue weighted by Crippen LogP contribution is 2.07. The first-order valence-corrected chi connectivity index (χ1v) is 6.61. The number of hydrogen-bond acceptors (Lipinski definition) is 3. The predicted octanol–water partition coefficient (Wildman–Crippen LogP) is 1.96. The molecule has 2 heterocycles. The van der Waals surface area contributed by atoms with Crippen LogP contribution in [0.15, 0.2) is 39.7 Å². The van der Waals surface area contributed by atoms with Gasteiger partial charge in [-0.25, -0.2) is 9.78 Å². The molecule has 0 radical (unpaired) electrons. The van der Waals surface area contributed by atoms with E-state index in [0.29, 0.717) is 17.7 Å². The van der Waals surface area contributed by atoms with Crippen molar-refractivity contribution in [1.29, 1.82) is 0 Å². The van der Waals surface area contributed by atoms with Gasteiger partial charge in [0.25, 0.3) is 5.56 Å².